The minimum absolute atomic E-state index is 0.113. The highest BCUT2D eigenvalue weighted by molar-refractivity contribution is 5.97. The van der Waals surface area contributed by atoms with Crippen LogP contribution >= 0.6 is 0 Å². The number of aryl methyl sites for hydroxylation is 2. The highest BCUT2D eigenvalue weighted by atomic mass is 16.1. The average Bonchev–Trinajstić information content (AvgIpc) is 3.08. The standard InChI is InChI=1S/C18H26N2O/c1-13-7-5-8-14(2)17(13)18(21)19-15-9-6-10-16(15)20-11-3-4-12-20/h5,7-8,15-16H,3-4,6,9-12H2,1-2H3,(H,19,21). The molecular formula is C18H26N2O. The Morgan fingerprint density at radius 2 is 1.76 bits per heavy atom. The van der Waals surface area contributed by atoms with Gasteiger partial charge < -0.3 is 5.32 Å². The van der Waals surface area contributed by atoms with Crippen molar-refractivity contribution in [3.63, 3.8) is 0 Å². The van der Waals surface area contributed by atoms with Crippen molar-refractivity contribution in [1.29, 1.82) is 0 Å². The number of hydrogen-bond donors (Lipinski definition) is 1. The zero-order valence-electron chi connectivity index (χ0n) is 13.2. The Morgan fingerprint density at radius 3 is 2.43 bits per heavy atom. The molecule has 3 heteroatoms. The summed E-state index contributed by atoms with van der Waals surface area (Å²) in [6, 6.07) is 6.95. The number of nitrogens with one attached hydrogen (secondary N) is 1. The van der Waals surface area contributed by atoms with E-state index >= 15 is 0 Å². The van der Waals surface area contributed by atoms with Gasteiger partial charge in [-0.3, -0.25) is 9.69 Å². The second kappa shape index (κ2) is 6.18. The third kappa shape index (κ3) is 2.98. The maximum atomic E-state index is 12.7. The number of hydrogen-bond acceptors (Lipinski definition) is 2. The van der Waals surface area contributed by atoms with Crippen LogP contribution in [0.1, 0.15) is 53.6 Å². The van der Waals surface area contributed by atoms with Crippen LogP contribution < -0.4 is 5.32 Å². The zero-order chi connectivity index (χ0) is 14.8. The average molecular weight is 286 g/mol. The van der Waals surface area contributed by atoms with Crippen molar-refractivity contribution in [2.45, 2.75) is 58.0 Å². The third-order valence-corrected chi connectivity index (χ3v) is 5.11. The van der Waals surface area contributed by atoms with Crippen molar-refractivity contribution >= 4 is 5.91 Å². The number of likely N-dealkylation sites (tertiary alicyclic amines) is 1. The van der Waals surface area contributed by atoms with Gasteiger partial charge in [0.25, 0.3) is 5.91 Å². The quantitative estimate of drug-likeness (QED) is 0.926. The summed E-state index contributed by atoms with van der Waals surface area (Å²) in [5.74, 6) is 0.113. The molecule has 0 spiro atoms. The number of carbonyl (C=O) groups excluding carboxylic acids is 1. The fourth-order valence-electron chi connectivity index (χ4n) is 4.03. The van der Waals surface area contributed by atoms with Crippen LogP contribution in [-0.2, 0) is 0 Å². The minimum Gasteiger partial charge on any atom is -0.348 e. The number of benzene rings is 1. The van der Waals surface area contributed by atoms with Gasteiger partial charge in [-0.25, -0.2) is 0 Å². The molecule has 21 heavy (non-hydrogen) atoms. The van der Waals surface area contributed by atoms with E-state index in [9.17, 15) is 4.79 Å². The maximum absolute atomic E-state index is 12.7. The monoisotopic (exact) mass is 286 g/mol. The smallest absolute Gasteiger partial charge is 0.252 e. The fourth-order valence-corrected chi connectivity index (χ4v) is 4.03. The van der Waals surface area contributed by atoms with Gasteiger partial charge in [-0.2, -0.15) is 0 Å². The highest BCUT2D eigenvalue weighted by Gasteiger charge is 2.34. The van der Waals surface area contributed by atoms with Crippen molar-refractivity contribution in [3.05, 3.63) is 34.9 Å². The lowest BCUT2D eigenvalue weighted by atomic mass is 10.0. The predicted octanol–water partition coefficient (Wildman–Crippen LogP) is 3.05. The van der Waals surface area contributed by atoms with Crippen LogP contribution in [0.5, 0.6) is 0 Å². The molecule has 2 unspecified atom stereocenters. The molecule has 1 heterocycles. The molecule has 1 amide bonds. The van der Waals surface area contributed by atoms with Gasteiger partial charge in [0, 0.05) is 17.6 Å². The molecule has 1 N–H and O–H groups in total. The molecule has 1 saturated heterocycles. The molecule has 114 valence electrons. The molecule has 0 radical (unpaired) electrons. The summed E-state index contributed by atoms with van der Waals surface area (Å²) < 4.78 is 0. The van der Waals surface area contributed by atoms with E-state index in [1.165, 1.54) is 38.8 Å². The third-order valence-electron chi connectivity index (χ3n) is 5.11. The lowest BCUT2D eigenvalue weighted by molar-refractivity contribution is 0.0911. The van der Waals surface area contributed by atoms with E-state index < -0.39 is 0 Å². The first-order valence-electron chi connectivity index (χ1n) is 8.28. The molecular weight excluding hydrogens is 260 g/mol. The molecule has 3 nitrogen and oxygen atoms in total. The van der Waals surface area contributed by atoms with Gasteiger partial charge >= 0.3 is 0 Å². The lowest BCUT2D eigenvalue weighted by Gasteiger charge is -2.30. The van der Waals surface area contributed by atoms with Crippen LogP contribution in [0.15, 0.2) is 18.2 Å². The first-order valence-corrected chi connectivity index (χ1v) is 8.28. The predicted molar refractivity (Wildman–Crippen MR) is 85.6 cm³/mol. The van der Waals surface area contributed by atoms with Crippen LogP contribution in [0.25, 0.3) is 0 Å². The van der Waals surface area contributed by atoms with Crippen LogP contribution in [0.4, 0.5) is 0 Å². The molecule has 2 atom stereocenters. The van der Waals surface area contributed by atoms with Crippen molar-refractivity contribution in [2.75, 3.05) is 13.1 Å². The zero-order valence-corrected chi connectivity index (χ0v) is 13.2. The maximum Gasteiger partial charge on any atom is 0.252 e. The molecule has 0 bridgehead atoms. The largest absolute Gasteiger partial charge is 0.348 e. The molecule has 3 rings (SSSR count). The fraction of sp³-hybridized carbons (Fsp3) is 0.611. The van der Waals surface area contributed by atoms with E-state index in [-0.39, 0.29) is 5.91 Å². The minimum atomic E-state index is 0.113. The van der Waals surface area contributed by atoms with Crippen molar-refractivity contribution in [2.24, 2.45) is 0 Å². The van der Waals surface area contributed by atoms with E-state index in [0.29, 0.717) is 12.1 Å². The molecule has 1 saturated carbocycles. The number of amides is 1. The summed E-state index contributed by atoms with van der Waals surface area (Å²) in [5, 5.41) is 3.32. The molecule has 1 aliphatic heterocycles. The van der Waals surface area contributed by atoms with E-state index in [4.69, 9.17) is 0 Å². The second-order valence-corrected chi connectivity index (χ2v) is 6.59. The van der Waals surface area contributed by atoms with Crippen molar-refractivity contribution in [1.82, 2.24) is 10.2 Å². The first-order chi connectivity index (χ1) is 10.2. The lowest BCUT2D eigenvalue weighted by Crippen LogP contribution is -2.48. The summed E-state index contributed by atoms with van der Waals surface area (Å²) in [5.41, 5.74) is 3.01. The Hall–Kier alpha value is -1.35. The topological polar surface area (TPSA) is 32.3 Å². The van der Waals surface area contributed by atoms with Crippen LogP contribution in [0.3, 0.4) is 0 Å². The summed E-state index contributed by atoms with van der Waals surface area (Å²) in [7, 11) is 0. The Morgan fingerprint density at radius 1 is 1.10 bits per heavy atom. The number of nitrogens with zero attached hydrogens (tertiary/aromatic N) is 1. The molecule has 2 fully saturated rings. The Kier molecular flexibility index (Phi) is 4.29. The molecule has 1 aromatic rings. The van der Waals surface area contributed by atoms with Crippen LogP contribution in [0, 0.1) is 13.8 Å². The van der Waals surface area contributed by atoms with Crippen LogP contribution in [0.2, 0.25) is 0 Å². The van der Waals surface area contributed by atoms with Gasteiger partial charge in [-0.05, 0) is 70.2 Å². The van der Waals surface area contributed by atoms with Gasteiger partial charge in [0.2, 0.25) is 0 Å². The van der Waals surface area contributed by atoms with Crippen molar-refractivity contribution in [3.8, 4) is 0 Å². The van der Waals surface area contributed by atoms with Gasteiger partial charge in [-0.15, -0.1) is 0 Å². The molecule has 1 aliphatic carbocycles. The van der Waals surface area contributed by atoms with E-state index in [1.54, 1.807) is 0 Å². The molecule has 0 aromatic heterocycles. The summed E-state index contributed by atoms with van der Waals surface area (Å²) >= 11 is 0. The molecule has 1 aromatic carbocycles. The molecule has 2 aliphatic rings. The summed E-state index contributed by atoms with van der Waals surface area (Å²) in [6.07, 6.45) is 6.22. The SMILES string of the molecule is Cc1cccc(C)c1C(=O)NC1CCCC1N1CCCC1. The van der Waals surface area contributed by atoms with Gasteiger partial charge in [-0.1, -0.05) is 18.2 Å². The Labute approximate surface area is 127 Å². The van der Waals surface area contributed by atoms with Gasteiger partial charge in [0.1, 0.15) is 0 Å². The Balaban J connectivity index is 1.71. The highest BCUT2D eigenvalue weighted by Crippen LogP contribution is 2.27. The first kappa shape index (κ1) is 14.6. The van der Waals surface area contributed by atoms with Crippen molar-refractivity contribution < 1.29 is 4.79 Å². The van der Waals surface area contributed by atoms with Crippen LogP contribution in [-0.4, -0.2) is 36.0 Å². The van der Waals surface area contributed by atoms with Gasteiger partial charge in [0.15, 0.2) is 0 Å². The van der Waals surface area contributed by atoms with E-state index in [2.05, 4.69) is 10.2 Å². The van der Waals surface area contributed by atoms with E-state index in [0.717, 1.165) is 23.1 Å². The normalized spacial score (nSPS) is 26.2. The number of rotatable bonds is 3. The van der Waals surface area contributed by atoms with Gasteiger partial charge in [0.05, 0.1) is 0 Å². The summed E-state index contributed by atoms with van der Waals surface area (Å²) in [6.45, 7) is 6.46. The van der Waals surface area contributed by atoms with E-state index in [1.807, 2.05) is 32.0 Å². The second-order valence-electron chi connectivity index (χ2n) is 6.59. The Bertz CT molecular complexity index is 500. The summed E-state index contributed by atoms with van der Waals surface area (Å²) in [4.78, 5) is 15.3. The number of carbonyl (C=O) groups is 1.